The van der Waals surface area contributed by atoms with Crippen molar-refractivity contribution >= 4 is 17.1 Å². The van der Waals surface area contributed by atoms with Crippen LogP contribution in [0.5, 0.6) is 0 Å². The van der Waals surface area contributed by atoms with Gasteiger partial charge in [0, 0.05) is 17.1 Å². The van der Waals surface area contributed by atoms with E-state index < -0.39 is 10.8 Å². The van der Waals surface area contributed by atoms with E-state index in [1.54, 1.807) is 0 Å². The lowest BCUT2D eigenvalue weighted by Crippen LogP contribution is -2.29. The Labute approximate surface area is 442 Å². The number of hydrogen-bond acceptors (Lipinski definition) is 1. The van der Waals surface area contributed by atoms with Crippen LogP contribution in [0, 0.1) is 0 Å². The first-order chi connectivity index (χ1) is 35.4. The van der Waals surface area contributed by atoms with Crippen molar-refractivity contribution in [2.75, 3.05) is 4.90 Å². The van der Waals surface area contributed by atoms with E-state index in [4.69, 9.17) is 0 Å². The molecule has 0 radical (unpaired) electrons. The molecule has 74 heavy (non-hydrogen) atoms. The largest absolute Gasteiger partial charge is 0.310 e. The van der Waals surface area contributed by atoms with Crippen molar-refractivity contribution in [1.82, 2.24) is 0 Å². The standard InChI is InChI=1S/C73H71N/c1-45(2)48-22-35-59-60-36-23-49(46(3)4)41-66(60)73(65(59)40-48)67-42-50(47(5)6)24-37-61(67)63-39-34-57(44-69(63)73)74(55-18-14-13-15-19-55)56-33-38-62-58-20-16-17-21-64(58)72(68(62)43-56,53-29-25-51(26-30-53)70(7,8)9)54-31-27-52(28-32-54)71(10,11)12/h13-47H,1-12H3. The van der Waals surface area contributed by atoms with Crippen LogP contribution in [0.3, 0.4) is 0 Å². The van der Waals surface area contributed by atoms with Crippen LogP contribution in [0.4, 0.5) is 17.1 Å². The molecule has 0 heterocycles. The van der Waals surface area contributed by atoms with E-state index >= 15 is 0 Å². The Morgan fingerprint density at radius 1 is 0.297 bits per heavy atom. The Morgan fingerprint density at radius 2 is 0.635 bits per heavy atom. The highest BCUT2D eigenvalue weighted by Crippen LogP contribution is 2.65. The number of hydrogen-bond donors (Lipinski definition) is 0. The highest BCUT2D eigenvalue weighted by Gasteiger charge is 2.53. The lowest BCUT2D eigenvalue weighted by Gasteiger charge is -2.36. The molecule has 368 valence electrons. The van der Waals surface area contributed by atoms with E-state index in [-0.39, 0.29) is 10.8 Å². The van der Waals surface area contributed by atoms with Crippen LogP contribution in [0.1, 0.15) is 173 Å². The molecule has 12 rings (SSSR count). The number of rotatable bonds is 8. The van der Waals surface area contributed by atoms with Crippen molar-refractivity contribution in [1.29, 1.82) is 0 Å². The first-order valence-corrected chi connectivity index (χ1v) is 27.3. The van der Waals surface area contributed by atoms with Crippen molar-refractivity contribution in [3.8, 4) is 33.4 Å². The summed E-state index contributed by atoms with van der Waals surface area (Å²) in [6.45, 7) is 27.9. The molecular formula is C73H71N. The van der Waals surface area contributed by atoms with E-state index in [9.17, 15) is 0 Å². The summed E-state index contributed by atoms with van der Waals surface area (Å²) >= 11 is 0. The number of nitrogens with zero attached hydrogens (tertiary/aromatic N) is 1. The minimum absolute atomic E-state index is 0.0253. The molecule has 9 aromatic carbocycles. The van der Waals surface area contributed by atoms with Crippen LogP contribution >= 0.6 is 0 Å². The molecule has 1 nitrogen and oxygen atoms in total. The molecule has 1 heteroatoms. The van der Waals surface area contributed by atoms with Crippen molar-refractivity contribution < 1.29 is 0 Å². The maximum Gasteiger partial charge on any atom is 0.0726 e. The van der Waals surface area contributed by atoms with Crippen LogP contribution in [-0.2, 0) is 21.7 Å². The van der Waals surface area contributed by atoms with Crippen LogP contribution in [0.2, 0.25) is 0 Å². The van der Waals surface area contributed by atoms with Gasteiger partial charge in [-0.25, -0.2) is 0 Å². The van der Waals surface area contributed by atoms with Gasteiger partial charge in [-0.3, -0.25) is 0 Å². The monoisotopic (exact) mass is 962 g/mol. The minimum atomic E-state index is -0.575. The van der Waals surface area contributed by atoms with Gasteiger partial charge in [-0.15, -0.1) is 0 Å². The molecule has 0 bridgehead atoms. The summed E-state index contributed by atoms with van der Waals surface area (Å²) in [6.07, 6.45) is 0. The molecule has 3 aliphatic carbocycles. The van der Waals surface area contributed by atoms with Gasteiger partial charge in [0.15, 0.2) is 0 Å². The fourth-order valence-corrected chi connectivity index (χ4v) is 13.1. The SMILES string of the molecule is CC(C)c1ccc2c(c1)C1(c3cc(C(C)C)ccc3-2)c2cc(C(C)C)ccc2-c2ccc(N(c3ccccc3)c3ccc4c(c3)C(c3ccc(C(C)(C)C)cc3)(c3ccc(C(C)(C)C)cc3)c3ccccc3-4)cc21. The van der Waals surface area contributed by atoms with Crippen LogP contribution < -0.4 is 4.90 Å². The third kappa shape index (κ3) is 7.09. The lowest BCUT2D eigenvalue weighted by molar-refractivity contribution is 0.588. The third-order valence-electron chi connectivity index (χ3n) is 17.3. The van der Waals surface area contributed by atoms with Gasteiger partial charge in [0.05, 0.1) is 10.8 Å². The number of fused-ring (bicyclic) bond motifs is 13. The van der Waals surface area contributed by atoms with Crippen LogP contribution in [0.15, 0.2) is 194 Å². The molecule has 9 aromatic rings. The van der Waals surface area contributed by atoms with Gasteiger partial charge < -0.3 is 4.90 Å². The van der Waals surface area contributed by atoms with E-state index in [1.165, 1.54) is 106 Å². The maximum absolute atomic E-state index is 2.58. The number of anilines is 3. The Kier molecular flexibility index (Phi) is 11.1. The first kappa shape index (κ1) is 47.8. The summed E-state index contributed by atoms with van der Waals surface area (Å²) in [5.74, 6) is 1.17. The molecule has 0 aromatic heterocycles. The van der Waals surface area contributed by atoms with Crippen LogP contribution in [0.25, 0.3) is 33.4 Å². The lowest BCUT2D eigenvalue weighted by atomic mass is 9.67. The van der Waals surface area contributed by atoms with Crippen LogP contribution in [-0.4, -0.2) is 0 Å². The van der Waals surface area contributed by atoms with Gasteiger partial charge in [0.2, 0.25) is 0 Å². The second kappa shape index (κ2) is 17.2. The summed E-state index contributed by atoms with van der Waals surface area (Å²) in [5.41, 5.74) is 27.8. The molecule has 0 unspecified atom stereocenters. The second-order valence-corrected chi connectivity index (χ2v) is 24.7. The molecule has 0 saturated heterocycles. The minimum Gasteiger partial charge on any atom is -0.310 e. The molecule has 0 N–H and O–H groups in total. The van der Waals surface area contributed by atoms with E-state index in [1.807, 2.05) is 0 Å². The molecule has 0 atom stereocenters. The highest BCUT2D eigenvalue weighted by atomic mass is 15.1. The highest BCUT2D eigenvalue weighted by molar-refractivity contribution is 5.97. The normalized spacial score (nSPS) is 14.5. The maximum atomic E-state index is 2.58. The summed E-state index contributed by atoms with van der Waals surface area (Å²) in [7, 11) is 0. The smallest absolute Gasteiger partial charge is 0.0726 e. The van der Waals surface area contributed by atoms with E-state index in [0.29, 0.717) is 17.8 Å². The fraction of sp³-hybridized carbons (Fsp3) is 0.260. The third-order valence-corrected chi connectivity index (χ3v) is 17.3. The zero-order valence-corrected chi connectivity index (χ0v) is 45.7. The zero-order chi connectivity index (χ0) is 51.6. The quantitative estimate of drug-likeness (QED) is 0.147. The van der Waals surface area contributed by atoms with Crippen molar-refractivity contribution in [2.24, 2.45) is 0 Å². The van der Waals surface area contributed by atoms with Crippen molar-refractivity contribution in [3.05, 3.63) is 266 Å². The first-order valence-electron chi connectivity index (χ1n) is 27.3. The molecule has 0 aliphatic heterocycles. The average molecular weight is 962 g/mol. The molecule has 0 fully saturated rings. The molecule has 0 saturated carbocycles. The predicted molar refractivity (Wildman–Crippen MR) is 314 cm³/mol. The van der Waals surface area contributed by atoms with Gasteiger partial charge >= 0.3 is 0 Å². The fourth-order valence-electron chi connectivity index (χ4n) is 13.1. The predicted octanol–water partition coefficient (Wildman–Crippen LogP) is 19.8. The van der Waals surface area contributed by atoms with Crippen molar-refractivity contribution in [3.63, 3.8) is 0 Å². The summed E-state index contributed by atoms with van der Waals surface area (Å²) < 4.78 is 0. The van der Waals surface area contributed by atoms with E-state index in [2.05, 4.69) is 282 Å². The summed E-state index contributed by atoms with van der Waals surface area (Å²) in [6, 6.07) is 76.3. The zero-order valence-electron chi connectivity index (χ0n) is 45.7. The Morgan fingerprint density at radius 3 is 1.03 bits per heavy atom. The Hall–Kier alpha value is -7.22. The number of benzene rings is 9. The van der Waals surface area contributed by atoms with Gasteiger partial charge in [0.25, 0.3) is 0 Å². The summed E-state index contributed by atoms with van der Waals surface area (Å²) in [5, 5.41) is 0. The van der Waals surface area contributed by atoms with Gasteiger partial charge in [-0.2, -0.15) is 0 Å². The van der Waals surface area contributed by atoms with Gasteiger partial charge in [0.1, 0.15) is 0 Å². The Balaban J connectivity index is 1.14. The van der Waals surface area contributed by atoms with Crippen molar-refractivity contribution in [2.45, 2.75) is 122 Å². The average Bonchev–Trinajstić information content (AvgIpc) is 3.97. The molecule has 3 aliphatic rings. The van der Waals surface area contributed by atoms with Gasteiger partial charge in [-0.1, -0.05) is 241 Å². The molecular weight excluding hydrogens is 891 g/mol. The summed E-state index contributed by atoms with van der Waals surface area (Å²) in [4.78, 5) is 2.53. The molecule has 0 amide bonds. The number of para-hydroxylation sites is 1. The molecule has 1 spiro atoms. The topological polar surface area (TPSA) is 3.24 Å². The Bertz CT molecular complexity index is 3500. The van der Waals surface area contributed by atoms with Gasteiger partial charge in [-0.05, 0) is 171 Å². The second-order valence-electron chi connectivity index (χ2n) is 24.7. The van der Waals surface area contributed by atoms with E-state index in [0.717, 1.165) is 17.1 Å².